The molecule has 0 aliphatic carbocycles. The number of hydrogen-bond donors (Lipinski definition) is 1. The molecular formula is C16H16BrN5O3S2. The van der Waals surface area contributed by atoms with Gasteiger partial charge in [0.15, 0.2) is 5.84 Å². The number of carbonyl (C=O) groups is 1. The number of benzene rings is 1. The minimum absolute atomic E-state index is 0.0442. The summed E-state index contributed by atoms with van der Waals surface area (Å²) in [6, 6.07) is 5.54. The summed E-state index contributed by atoms with van der Waals surface area (Å²) in [5, 5.41) is 13.4. The Morgan fingerprint density at radius 2 is 2.07 bits per heavy atom. The maximum absolute atomic E-state index is 12.4. The van der Waals surface area contributed by atoms with E-state index in [1.54, 1.807) is 6.08 Å². The second-order valence-corrected chi connectivity index (χ2v) is 10.2. The molecule has 0 unspecified atom stereocenters. The lowest BCUT2D eigenvalue weighted by Gasteiger charge is -2.20. The first-order valence-electron chi connectivity index (χ1n) is 7.84. The Labute approximate surface area is 169 Å². The van der Waals surface area contributed by atoms with Crippen LogP contribution in [-0.4, -0.2) is 54.6 Å². The fourth-order valence-electron chi connectivity index (χ4n) is 2.37. The molecule has 2 heterocycles. The Balaban J connectivity index is 1.98. The van der Waals surface area contributed by atoms with Gasteiger partial charge in [0.25, 0.3) is 5.91 Å². The van der Waals surface area contributed by atoms with Crippen LogP contribution in [0.2, 0.25) is 0 Å². The van der Waals surface area contributed by atoms with E-state index in [0.29, 0.717) is 5.56 Å². The Morgan fingerprint density at radius 1 is 1.37 bits per heavy atom. The van der Waals surface area contributed by atoms with Gasteiger partial charge in [0.05, 0.1) is 17.0 Å². The standard InChI is InChI=1S/C16H16BrN5O3S2/c1-4-27(24,25)16-20-22-13(18)10(14(23)19-15(22)26-16)7-9-5-6-12(21(2)3)11(17)8-9/h5-8,18H,4H2,1-3H3/b10-7-,18-13?. The Kier molecular flexibility index (Phi) is 5.28. The molecule has 2 aliphatic heterocycles. The zero-order valence-electron chi connectivity index (χ0n) is 14.7. The third kappa shape index (κ3) is 3.71. The van der Waals surface area contributed by atoms with Crippen LogP contribution < -0.4 is 4.90 Å². The van der Waals surface area contributed by atoms with Crippen LogP contribution in [0.3, 0.4) is 0 Å². The predicted octanol–water partition coefficient (Wildman–Crippen LogP) is 2.53. The van der Waals surface area contributed by atoms with E-state index in [4.69, 9.17) is 5.41 Å². The molecule has 1 amide bonds. The van der Waals surface area contributed by atoms with Crippen molar-refractivity contribution >= 4 is 70.6 Å². The smallest absolute Gasteiger partial charge is 0.283 e. The van der Waals surface area contributed by atoms with Crippen molar-refractivity contribution < 1.29 is 13.2 Å². The number of carbonyl (C=O) groups excluding carboxylic acids is 1. The number of amides is 1. The topological polar surface area (TPSA) is 106 Å². The number of hydrogen-bond acceptors (Lipinski definition) is 7. The minimum atomic E-state index is -3.54. The van der Waals surface area contributed by atoms with Gasteiger partial charge in [-0.25, -0.2) is 8.42 Å². The maximum Gasteiger partial charge on any atom is 0.283 e. The molecule has 142 valence electrons. The van der Waals surface area contributed by atoms with Crippen molar-refractivity contribution in [2.45, 2.75) is 6.92 Å². The van der Waals surface area contributed by atoms with Gasteiger partial charge < -0.3 is 4.90 Å². The number of anilines is 1. The lowest BCUT2D eigenvalue weighted by atomic mass is 10.1. The molecule has 3 rings (SSSR count). The molecule has 0 fully saturated rings. The van der Waals surface area contributed by atoms with Crippen molar-refractivity contribution in [1.82, 2.24) is 5.01 Å². The lowest BCUT2D eigenvalue weighted by Crippen LogP contribution is -2.35. The van der Waals surface area contributed by atoms with Crippen LogP contribution in [0.25, 0.3) is 6.08 Å². The van der Waals surface area contributed by atoms with Crippen LogP contribution in [0.4, 0.5) is 5.69 Å². The fourth-order valence-corrected chi connectivity index (χ4v) is 5.28. The first-order valence-corrected chi connectivity index (χ1v) is 11.1. The van der Waals surface area contributed by atoms with Gasteiger partial charge in [0.2, 0.25) is 19.4 Å². The highest BCUT2D eigenvalue weighted by Gasteiger charge is 2.39. The third-order valence-electron chi connectivity index (χ3n) is 3.85. The fraction of sp³-hybridized carbons (Fsp3) is 0.250. The summed E-state index contributed by atoms with van der Waals surface area (Å²) in [6.45, 7) is 1.51. The first kappa shape index (κ1) is 19.8. The van der Waals surface area contributed by atoms with Crippen molar-refractivity contribution in [3.63, 3.8) is 0 Å². The predicted molar refractivity (Wildman–Crippen MR) is 113 cm³/mol. The monoisotopic (exact) mass is 469 g/mol. The molecule has 1 aromatic rings. The van der Waals surface area contributed by atoms with E-state index in [9.17, 15) is 13.2 Å². The highest BCUT2D eigenvalue weighted by Crippen LogP contribution is 2.31. The number of fused-ring (bicyclic) bond motifs is 1. The van der Waals surface area contributed by atoms with E-state index < -0.39 is 15.7 Å². The van der Waals surface area contributed by atoms with Crippen LogP contribution in [0, 0.1) is 5.41 Å². The molecule has 8 nitrogen and oxygen atoms in total. The van der Waals surface area contributed by atoms with Crippen LogP contribution in [0.1, 0.15) is 12.5 Å². The van der Waals surface area contributed by atoms with Gasteiger partial charge in [0.1, 0.15) is 0 Å². The number of amidine groups is 2. The molecule has 0 bridgehead atoms. The SMILES string of the molecule is CCS(=O)(=O)C1=NN2C(=N)/C(=C/c3ccc(N(C)C)c(Br)c3)C(=O)N=C2S1. The van der Waals surface area contributed by atoms with Crippen LogP contribution >= 0.6 is 27.7 Å². The molecule has 0 radical (unpaired) electrons. The number of sulfone groups is 1. The average Bonchev–Trinajstić information content (AvgIpc) is 3.03. The highest BCUT2D eigenvalue weighted by molar-refractivity contribution is 9.10. The molecule has 0 saturated heterocycles. The first-order chi connectivity index (χ1) is 12.6. The van der Waals surface area contributed by atoms with Gasteiger partial charge in [0, 0.05) is 18.6 Å². The summed E-state index contributed by atoms with van der Waals surface area (Å²) in [5.41, 5.74) is 1.72. The van der Waals surface area contributed by atoms with E-state index in [1.165, 1.54) is 6.92 Å². The summed E-state index contributed by atoms with van der Waals surface area (Å²) in [6.07, 6.45) is 1.54. The van der Waals surface area contributed by atoms with Gasteiger partial charge >= 0.3 is 0 Å². The zero-order valence-corrected chi connectivity index (χ0v) is 17.9. The molecule has 2 aliphatic rings. The van der Waals surface area contributed by atoms with E-state index in [2.05, 4.69) is 26.0 Å². The minimum Gasteiger partial charge on any atom is -0.377 e. The van der Waals surface area contributed by atoms with Gasteiger partial charge in [-0.05, 0) is 51.5 Å². The van der Waals surface area contributed by atoms with E-state index in [-0.39, 0.29) is 26.7 Å². The van der Waals surface area contributed by atoms with Gasteiger partial charge in [-0.1, -0.05) is 13.0 Å². The largest absolute Gasteiger partial charge is 0.377 e. The second kappa shape index (κ2) is 7.21. The van der Waals surface area contributed by atoms with Crippen molar-refractivity contribution in [1.29, 1.82) is 5.41 Å². The Hall–Kier alpha value is -1.98. The molecule has 0 saturated carbocycles. The summed E-state index contributed by atoms with van der Waals surface area (Å²) in [4.78, 5) is 18.2. The normalized spacial score (nSPS) is 18.5. The molecule has 11 heteroatoms. The van der Waals surface area contributed by atoms with Crippen molar-refractivity contribution in [3.8, 4) is 0 Å². The lowest BCUT2D eigenvalue weighted by molar-refractivity contribution is -0.114. The van der Waals surface area contributed by atoms with E-state index >= 15 is 0 Å². The second-order valence-electron chi connectivity index (χ2n) is 5.89. The average molecular weight is 470 g/mol. The van der Waals surface area contributed by atoms with Gasteiger partial charge in [-0.3, -0.25) is 10.2 Å². The summed E-state index contributed by atoms with van der Waals surface area (Å²) in [7, 11) is 0.293. The molecule has 1 aromatic carbocycles. The molecule has 0 spiro atoms. The zero-order chi connectivity index (χ0) is 19.9. The molecule has 1 N–H and O–H groups in total. The number of aliphatic imine (C=N–C) groups is 1. The van der Waals surface area contributed by atoms with Crippen molar-refractivity contribution in [3.05, 3.63) is 33.8 Å². The Bertz CT molecular complexity index is 1040. The summed E-state index contributed by atoms with van der Waals surface area (Å²) >= 11 is 4.27. The summed E-state index contributed by atoms with van der Waals surface area (Å²) in [5.74, 6) is -0.917. The quantitative estimate of drug-likeness (QED) is 0.681. The molecule has 27 heavy (non-hydrogen) atoms. The number of nitrogens with one attached hydrogen (secondary N) is 1. The van der Waals surface area contributed by atoms with Crippen molar-refractivity contribution in [2.24, 2.45) is 10.1 Å². The molecular weight excluding hydrogens is 454 g/mol. The number of rotatable bonds is 3. The highest BCUT2D eigenvalue weighted by atomic mass is 79.9. The number of nitrogens with zero attached hydrogens (tertiary/aromatic N) is 4. The van der Waals surface area contributed by atoms with E-state index in [1.807, 2.05) is 37.2 Å². The van der Waals surface area contributed by atoms with Gasteiger partial charge in [-0.2, -0.15) is 10.0 Å². The third-order valence-corrected chi connectivity index (χ3v) is 7.57. The number of halogens is 1. The van der Waals surface area contributed by atoms with Crippen LogP contribution in [-0.2, 0) is 14.6 Å². The molecule has 0 aromatic heterocycles. The number of thioether (sulfide) groups is 1. The maximum atomic E-state index is 12.4. The van der Waals surface area contributed by atoms with Crippen LogP contribution in [0.5, 0.6) is 0 Å². The molecule has 0 atom stereocenters. The van der Waals surface area contributed by atoms with E-state index in [0.717, 1.165) is 26.9 Å². The number of hydrazone groups is 1. The van der Waals surface area contributed by atoms with Gasteiger partial charge in [-0.15, -0.1) is 5.10 Å². The summed E-state index contributed by atoms with van der Waals surface area (Å²) < 4.78 is 24.7. The van der Waals surface area contributed by atoms with Crippen molar-refractivity contribution in [2.75, 3.05) is 24.7 Å². The van der Waals surface area contributed by atoms with Crippen LogP contribution in [0.15, 0.2) is 38.3 Å². The Morgan fingerprint density at radius 3 is 2.67 bits per heavy atom.